The van der Waals surface area contributed by atoms with Crippen molar-refractivity contribution in [2.45, 2.75) is 20.0 Å². The molecule has 0 saturated heterocycles. The molecule has 2 rings (SSSR count). The van der Waals surface area contributed by atoms with E-state index in [1.54, 1.807) is 7.11 Å². The Bertz CT molecular complexity index is 532. The van der Waals surface area contributed by atoms with Crippen molar-refractivity contribution in [2.24, 2.45) is 0 Å². The summed E-state index contributed by atoms with van der Waals surface area (Å²) in [5, 5.41) is 9.31. The van der Waals surface area contributed by atoms with E-state index in [1.807, 2.05) is 31.2 Å². The van der Waals surface area contributed by atoms with Crippen LogP contribution >= 0.6 is 0 Å². The van der Waals surface area contributed by atoms with E-state index in [1.165, 1.54) is 11.1 Å². The highest BCUT2D eigenvalue weighted by atomic mass is 16.5. The molecule has 1 N–H and O–H groups in total. The van der Waals surface area contributed by atoms with Crippen LogP contribution in [-0.2, 0) is 13.0 Å². The third kappa shape index (κ3) is 2.71. The highest BCUT2D eigenvalue weighted by Gasteiger charge is 2.04. The van der Waals surface area contributed by atoms with Gasteiger partial charge in [-0.1, -0.05) is 36.4 Å². The maximum Gasteiger partial charge on any atom is 0.121 e. The van der Waals surface area contributed by atoms with Crippen molar-refractivity contribution in [1.82, 2.24) is 0 Å². The lowest BCUT2D eigenvalue weighted by Gasteiger charge is -2.10. The lowest BCUT2D eigenvalue weighted by atomic mass is 9.99. The minimum absolute atomic E-state index is 0.0886. The molecule has 2 heteroatoms. The van der Waals surface area contributed by atoms with E-state index in [0.29, 0.717) is 0 Å². The van der Waals surface area contributed by atoms with Crippen molar-refractivity contribution >= 4 is 0 Å². The van der Waals surface area contributed by atoms with E-state index in [-0.39, 0.29) is 6.61 Å². The number of ether oxygens (including phenoxy) is 1. The van der Waals surface area contributed by atoms with Gasteiger partial charge >= 0.3 is 0 Å². The Labute approximate surface area is 108 Å². The molecule has 0 saturated carbocycles. The second-order valence-corrected chi connectivity index (χ2v) is 4.41. The number of rotatable bonds is 4. The van der Waals surface area contributed by atoms with Crippen LogP contribution in [0.2, 0.25) is 0 Å². The Morgan fingerprint density at radius 2 is 1.78 bits per heavy atom. The molecule has 2 aromatic carbocycles. The van der Waals surface area contributed by atoms with Gasteiger partial charge in [0.25, 0.3) is 0 Å². The van der Waals surface area contributed by atoms with Gasteiger partial charge in [0.05, 0.1) is 13.7 Å². The molecule has 0 amide bonds. The summed E-state index contributed by atoms with van der Waals surface area (Å²) in [6.07, 6.45) is 0.835. The zero-order valence-corrected chi connectivity index (χ0v) is 10.8. The Balaban J connectivity index is 2.26. The first-order valence-electron chi connectivity index (χ1n) is 6.05. The van der Waals surface area contributed by atoms with Crippen molar-refractivity contribution in [2.75, 3.05) is 7.11 Å². The number of aliphatic hydroxyl groups excluding tert-OH is 1. The van der Waals surface area contributed by atoms with Crippen LogP contribution in [0.5, 0.6) is 5.75 Å². The average Bonchev–Trinajstić information content (AvgIpc) is 2.39. The molecule has 0 fully saturated rings. The fourth-order valence-corrected chi connectivity index (χ4v) is 2.15. The van der Waals surface area contributed by atoms with Crippen molar-refractivity contribution in [1.29, 1.82) is 0 Å². The molecule has 0 aromatic heterocycles. The van der Waals surface area contributed by atoms with E-state index in [2.05, 4.69) is 18.2 Å². The van der Waals surface area contributed by atoms with E-state index in [9.17, 15) is 5.11 Å². The minimum atomic E-state index is 0.0886. The van der Waals surface area contributed by atoms with Crippen molar-refractivity contribution in [3.8, 4) is 5.75 Å². The van der Waals surface area contributed by atoms with Gasteiger partial charge in [0.15, 0.2) is 0 Å². The Morgan fingerprint density at radius 1 is 1.06 bits per heavy atom. The number of benzene rings is 2. The number of aryl methyl sites for hydroxylation is 1. The lowest BCUT2D eigenvalue weighted by Crippen LogP contribution is -1.96. The Morgan fingerprint density at radius 3 is 2.39 bits per heavy atom. The number of methoxy groups -OCH3 is 1. The number of aliphatic hydroxyl groups is 1. The topological polar surface area (TPSA) is 29.5 Å². The highest BCUT2D eigenvalue weighted by molar-refractivity contribution is 5.39. The van der Waals surface area contributed by atoms with E-state index in [4.69, 9.17) is 4.74 Å². The van der Waals surface area contributed by atoms with Gasteiger partial charge < -0.3 is 9.84 Å². The molecule has 0 aliphatic heterocycles. The maximum absolute atomic E-state index is 9.31. The molecule has 0 bridgehead atoms. The van der Waals surface area contributed by atoms with Crippen LogP contribution in [0, 0.1) is 6.92 Å². The highest BCUT2D eigenvalue weighted by Crippen LogP contribution is 2.21. The van der Waals surface area contributed by atoms with Crippen LogP contribution in [-0.4, -0.2) is 12.2 Å². The molecule has 18 heavy (non-hydrogen) atoms. The van der Waals surface area contributed by atoms with Gasteiger partial charge in [-0.05, 0) is 41.7 Å². The molecule has 94 valence electrons. The molecular formula is C16H18O2. The van der Waals surface area contributed by atoms with Gasteiger partial charge in [0.2, 0.25) is 0 Å². The van der Waals surface area contributed by atoms with Crippen LogP contribution in [0.1, 0.15) is 22.3 Å². The first-order chi connectivity index (χ1) is 8.74. The Kier molecular flexibility index (Phi) is 4.00. The maximum atomic E-state index is 9.31. The summed E-state index contributed by atoms with van der Waals surface area (Å²) in [6, 6.07) is 14.2. The molecule has 0 radical (unpaired) electrons. The van der Waals surface area contributed by atoms with E-state index < -0.39 is 0 Å². The molecule has 0 heterocycles. The van der Waals surface area contributed by atoms with Crippen LogP contribution in [0.3, 0.4) is 0 Å². The van der Waals surface area contributed by atoms with Crippen molar-refractivity contribution < 1.29 is 9.84 Å². The summed E-state index contributed by atoms with van der Waals surface area (Å²) < 4.78 is 5.26. The summed E-state index contributed by atoms with van der Waals surface area (Å²) in [6.45, 7) is 2.13. The SMILES string of the molecule is COc1ccc(Cc2ccccc2CO)cc1C. The zero-order valence-electron chi connectivity index (χ0n) is 10.8. The van der Waals surface area contributed by atoms with E-state index in [0.717, 1.165) is 23.3 Å². The smallest absolute Gasteiger partial charge is 0.121 e. The summed E-state index contributed by atoms with van der Waals surface area (Å²) in [4.78, 5) is 0. The summed E-state index contributed by atoms with van der Waals surface area (Å²) in [5.41, 5.74) is 4.53. The predicted octanol–water partition coefficient (Wildman–Crippen LogP) is 3.09. The summed E-state index contributed by atoms with van der Waals surface area (Å²) >= 11 is 0. The van der Waals surface area contributed by atoms with Gasteiger partial charge in [0, 0.05) is 0 Å². The van der Waals surface area contributed by atoms with Crippen LogP contribution < -0.4 is 4.74 Å². The number of hydrogen-bond donors (Lipinski definition) is 1. The third-order valence-electron chi connectivity index (χ3n) is 3.14. The second kappa shape index (κ2) is 5.69. The van der Waals surface area contributed by atoms with Gasteiger partial charge in [-0.2, -0.15) is 0 Å². The van der Waals surface area contributed by atoms with Gasteiger partial charge in [0.1, 0.15) is 5.75 Å². The van der Waals surface area contributed by atoms with Gasteiger partial charge in [-0.15, -0.1) is 0 Å². The van der Waals surface area contributed by atoms with Crippen molar-refractivity contribution in [3.05, 3.63) is 64.7 Å². The monoisotopic (exact) mass is 242 g/mol. The fourth-order valence-electron chi connectivity index (χ4n) is 2.15. The van der Waals surface area contributed by atoms with Gasteiger partial charge in [-0.25, -0.2) is 0 Å². The predicted molar refractivity (Wildman–Crippen MR) is 72.9 cm³/mol. The second-order valence-electron chi connectivity index (χ2n) is 4.41. The first kappa shape index (κ1) is 12.7. The summed E-state index contributed by atoms with van der Waals surface area (Å²) in [5.74, 6) is 0.911. The van der Waals surface area contributed by atoms with Crippen LogP contribution in [0.4, 0.5) is 0 Å². The van der Waals surface area contributed by atoms with Crippen LogP contribution in [0.15, 0.2) is 42.5 Å². The molecule has 0 spiro atoms. The quantitative estimate of drug-likeness (QED) is 0.892. The molecular weight excluding hydrogens is 224 g/mol. The number of hydrogen-bond acceptors (Lipinski definition) is 2. The molecule has 0 aliphatic rings. The standard InChI is InChI=1S/C16H18O2/c1-12-9-13(7-8-16(12)18-2)10-14-5-3-4-6-15(14)11-17/h3-9,17H,10-11H2,1-2H3. The normalized spacial score (nSPS) is 10.4. The average molecular weight is 242 g/mol. The van der Waals surface area contributed by atoms with Crippen molar-refractivity contribution in [3.63, 3.8) is 0 Å². The largest absolute Gasteiger partial charge is 0.496 e. The lowest BCUT2D eigenvalue weighted by molar-refractivity contribution is 0.281. The zero-order chi connectivity index (χ0) is 13.0. The molecule has 2 nitrogen and oxygen atoms in total. The van der Waals surface area contributed by atoms with E-state index >= 15 is 0 Å². The van der Waals surface area contributed by atoms with Gasteiger partial charge in [-0.3, -0.25) is 0 Å². The molecule has 0 unspecified atom stereocenters. The molecule has 2 aromatic rings. The molecule has 0 atom stereocenters. The minimum Gasteiger partial charge on any atom is -0.496 e. The first-order valence-corrected chi connectivity index (χ1v) is 6.05. The fraction of sp³-hybridized carbons (Fsp3) is 0.250. The molecule has 0 aliphatic carbocycles. The Hall–Kier alpha value is -1.80. The third-order valence-corrected chi connectivity index (χ3v) is 3.14. The summed E-state index contributed by atoms with van der Waals surface area (Å²) in [7, 11) is 1.68. The van der Waals surface area contributed by atoms with Crippen LogP contribution in [0.25, 0.3) is 0 Å².